The second-order valence-electron chi connectivity index (χ2n) is 7.69. The summed E-state index contributed by atoms with van der Waals surface area (Å²) in [6.07, 6.45) is 0.0977. The molecule has 0 amide bonds. The van der Waals surface area contributed by atoms with Gasteiger partial charge in [0.2, 0.25) is 0 Å². The van der Waals surface area contributed by atoms with Gasteiger partial charge in [0.15, 0.2) is 0 Å². The maximum absolute atomic E-state index is 10.3. The molecule has 4 N–H and O–H groups in total. The van der Waals surface area contributed by atoms with E-state index in [1.54, 1.807) is 12.1 Å². The molecule has 0 spiro atoms. The second-order valence-corrected chi connectivity index (χ2v) is 8.13. The van der Waals surface area contributed by atoms with E-state index in [1.807, 2.05) is 48.5 Å². The summed E-state index contributed by atoms with van der Waals surface area (Å²) in [7, 11) is 0. The molecule has 176 valence electrons. The number of benzene rings is 3. The molecule has 0 saturated carbocycles. The zero-order valence-corrected chi connectivity index (χ0v) is 19.2. The summed E-state index contributed by atoms with van der Waals surface area (Å²) in [5, 5.41) is 33.1. The Bertz CT molecular complexity index is 996. The summed E-state index contributed by atoms with van der Waals surface area (Å²) in [4.78, 5) is 0. The van der Waals surface area contributed by atoms with Crippen LogP contribution in [-0.4, -0.2) is 41.6 Å². The van der Waals surface area contributed by atoms with Gasteiger partial charge in [-0.3, -0.25) is 0 Å². The van der Waals surface area contributed by atoms with E-state index in [0.717, 1.165) is 23.3 Å². The van der Waals surface area contributed by atoms with Crippen molar-refractivity contribution in [1.29, 1.82) is 0 Å². The van der Waals surface area contributed by atoms with Crippen LogP contribution in [0.2, 0.25) is 5.02 Å². The van der Waals surface area contributed by atoms with Crippen LogP contribution in [0.15, 0.2) is 66.7 Å². The lowest BCUT2D eigenvalue weighted by Crippen LogP contribution is -2.23. The maximum atomic E-state index is 10.3. The number of ether oxygens (including phenoxy) is 2. The van der Waals surface area contributed by atoms with Crippen LogP contribution in [0.25, 0.3) is 0 Å². The minimum atomic E-state index is -0.715. The third-order valence-electron chi connectivity index (χ3n) is 5.16. The van der Waals surface area contributed by atoms with Crippen LogP contribution < -0.4 is 10.1 Å². The highest BCUT2D eigenvalue weighted by Crippen LogP contribution is 2.22. The van der Waals surface area contributed by atoms with E-state index in [4.69, 9.17) is 21.1 Å². The molecule has 6 nitrogen and oxygen atoms in total. The molecule has 1 atom stereocenters. The number of phenols is 1. The van der Waals surface area contributed by atoms with E-state index in [1.165, 1.54) is 6.07 Å². The Hall–Kier alpha value is -2.61. The number of hydrogen-bond acceptors (Lipinski definition) is 6. The number of rotatable bonds is 13. The summed E-state index contributed by atoms with van der Waals surface area (Å²) >= 11 is 5.96. The van der Waals surface area contributed by atoms with E-state index in [-0.39, 0.29) is 12.4 Å². The van der Waals surface area contributed by atoms with Crippen molar-refractivity contribution in [2.45, 2.75) is 25.7 Å². The Balaban J connectivity index is 1.31. The lowest BCUT2D eigenvalue weighted by molar-refractivity contribution is 0.0889. The fourth-order valence-electron chi connectivity index (χ4n) is 3.32. The smallest absolute Gasteiger partial charge is 0.121 e. The minimum Gasteiger partial charge on any atom is -0.508 e. The highest BCUT2D eigenvalue weighted by atomic mass is 35.5. The molecule has 0 radical (unpaired) electrons. The molecule has 0 heterocycles. The third-order valence-corrected chi connectivity index (χ3v) is 5.40. The first-order valence-corrected chi connectivity index (χ1v) is 11.3. The molecule has 33 heavy (non-hydrogen) atoms. The normalized spacial score (nSPS) is 12.0. The molecule has 3 aromatic rings. The van der Waals surface area contributed by atoms with Crippen molar-refractivity contribution < 1.29 is 24.8 Å². The van der Waals surface area contributed by atoms with Gasteiger partial charge in [0, 0.05) is 17.1 Å². The minimum absolute atomic E-state index is 0.0268. The van der Waals surface area contributed by atoms with Crippen molar-refractivity contribution in [1.82, 2.24) is 5.32 Å². The highest BCUT2D eigenvalue weighted by Gasteiger charge is 2.10. The molecule has 0 aliphatic carbocycles. The van der Waals surface area contributed by atoms with E-state index < -0.39 is 6.10 Å². The molecule has 3 rings (SSSR count). The van der Waals surface area contributed by atoms with Crippen LogP contribution in [0, 0.1) is 0 Å². The SMILES string of the molecule is OCc1cc(C(O)CNCCc2ccc(OCCOCc3cccc(Cl)c3)cc2)ccc1O. The Labute approximate surface area is 199 Å². The van der Waals surface area contributed by atoms with Gasteiger partial charge in [-0.15, -0.1) is 0 Å². The summed E-state index contributed by atoms with van der Waals surface area (Å²) in [5.74, 6) is 0.819. The van der Waals surface area contributed by atoms with Gasteiger partial charge in [-0.05, 0) is 66.1 Å². The zero-order valence-electron chi connectivity index (χ0n) is 18.4. The van der Waals surface area contributed by atoms with Gasteiger partial charge in [0.05, 0.1) is 25.9 Å². The molecular weight excluding hydrogens is 442 g/mol. The van der Waals surface area contributed by atoms with Gasteiger partial charge in [0.25, 0.3) is 0 Å². The van der Waals surface area contributed by atoms with Crippen molar-refractivity contribution in [2.75, 3.05) is 26.3 Å². The molecule has 0 aliphatic heterocycles. The van der Waals surface area contributed by atoms with E-state index in [2.05, 4.69) is 5.32 Å². The largest absolute Gasteiger partial charge is 0.508 e. The van der Waals surface area contributed by atoms with Gasteiger partial charge < -0.3 is 30.1 Å². The number of hydrogen-bond donors (Lipinski definition) is 4. The Morgan fingerprint density at radius 3 is 2.52 bits per heavy atom. The average Bonchev–Trinajstić information content (AvgIpc) is 2.82. The average molecular weight is 472 g/mol. The number of halogens is 1. The van der Waals surface area contributed by atoms with Crippen molar-refractivity contribution in [3.05, 3.63) is 94.0 Å². The zero-order chi connectivity index (χ0) is 23.5. The van der Waals surface area contributed by atoms with Crippen molar-refractivity contribution in [3.63, 3.8) is 0 Å². The summed E-state index contributed by atoms with van der Waals surface area (Å²) < 4.78 is 11.3. The first-order valence-electron chi connectivity index (χ1n) is 10.9. The van der Waals surface area contributed by atoms with Gasteiger partial charge in [-0.25, -0.2) is 0 Å². The Morgan fingerprint density at radius 1 is 0.939 bits per heavy atom. The van der Waals surface area contributed by atoms with Crippen molar-refractivity contribution in [2.24, 2.45) is 0 Å². The van der Waals surface area contributed by atoms with E-state index >= 15 is 0 Å². The van der Waals surface area contributed by atoms with Crippen molar-refractivity contribution >= 4 is 11.6 Å². The van der Waals surface area contributed by atoms with Gasteiger partial charge >= 0.3 is 0 Å². The molecule has 1 unspecified atom stereocenters. The fourth-order valence-corrected chi connectivity index (χ4v) is 3.53. The van der Waals surface area contributed by atoms with Crippen LogP contribution in [0.5, 0.6) is 11.5 Å². The predicted molar refractivity (Wildman–Crippen MR) is 129 cm³/mol. The van der Waals surface area contributed by atoms with Crippen molar-refractivity contribution in [3.8, 4) is 11.5 Å². The molecule has 7 heteroatoms. The first kappa shape index (κ1) is 25.0. The van der Waals surface area contributed by atoms with Crippen LogP contribution >= 0.6 is 11.6 Å². The van der Waals surface area contributed by atoms with Gasteiger partial charge in [-0.2, -0.15) is 0 Å². The van der Waals surface area contributed by atoms with Gasteiger partial charge in [-0.1, -0.05) is 41.9 Å². The summed E-state index contributed by atoms with van der Waals surface area (Å²) in [6, 6.07) is 20.3. The predicted octanol–water partition coefficient (Wildman–Crippen LogP) is 4.00. The lowest BCUT2D eigenvalue weighted by atomic mass is 10.1. The summed E-state index contributed by atoms with van der Waals surface area (Å²) in [5.41, 5.74) is 3.25. The summed E-state index contributed by atoms with van der Waals surface area (Å²) in [6.45, 7) is 2.27. The lowest BCUT2D eigenvalue weighted by Gasteiger charge is -2.14. The van der Waals surface area contributed by atoms with Gasteiger partial charge in [0.1, 0.15) is 18.1 Å². The van der Waals surface area contributed by atoms with Crippen LogP contribution in [0.4, 0.5) is 0 Å². The molecule has 0 aliphatic rings. The molecule has 0 saturated heterocycles. The molecular formula is C26H30ClNO5. The molecule has 3 aromatic carbocycles. The topological polar surface area (TPSA) is 91.2 Å². The third kappa shape index (κ3) is 8.35. The van der Waals surface area contributed by atoms with Crippen LogP contribution in [0.3, 0.4) is 0 Å². The maximum Gasteiger partial charge on any atom is 0.121 e. The highest BCUT2D eigenvalue weighted by molar-refractivity contribution is 6.30. The Morgan fingerprint density at radius 2 is 1.76 bits per heavy atom. The number of aliphatic hydroxyl groups excluding tert-OH is 2. The Kier molecular flexibility index (Phi) is 10.00. The standard InChI is InChI=1S/C26H30ClNO5/c27-23-3-1-2-20(14-23)18-32-12-13-33-24-7-4-19(5-8-24)10-11-28-16-26(31)21-6-9-25(30)22(15-21)17-29/h1-9,14-15,26,28-31H,10-13,16-18H2. The number of aromatic hydroxyl groups is 1. The van der Waals surface area contributed by atoms with E-state index in [9.17, 15) is 15.3 Å². The number of nitrogens with one attached hydrogen (secondary N) is 1. The second kappa shape index (κ2) is 13.2. The molecule has 0 aromatic heterocycles. The monoisotopic (exact) mass is 471 g/mol. The molecule has 0 bridgehead atoms. The molecule has 0 fully saturated rings. The first-order chi connectivity index (χ1) is 16.0. The number of aliphatic hydroxyl groups is 2. The quantitative estimate of drug-likeness (QED) is 0.282. The fraction of sp³-hybridized carbons (Fsp3) is 0.308. The van der Waals surface area contributed by atoms with Crippen LogP contribution in [0.1, 0.15) is 28.4 Å². The van der Waals surface area contributed by atoms with E-state index in [0.29, 0.717) is 49.1 Å². The van der Waals surface area contributed by atoms with Crippen LogP contribution in [-0.2, 0) is 24.4 Å².